The highest BCUT2D eigenvalue weighted by Crippen LogP contribution is 2.19. The van der Waals surface area contributed by atoms with E-state index in [9.17, 15) is 0 Å². The van der Waals surface area contributed by atoms with Crippen molar-refractivity contribution in [2.45, 2.75) is 77.8 Å². The van der Waals surface area contributed by atoms with Gasteiger partial charge in [0.25, 0.3) is 0 Å². The summed E-state index contributed by atoms with van der Waals surface area (Å²) in [4.78, 5) is 0. The molecule has 0 aliphatic heterocycles. The molecule has 0 radical (unpaired) electrons. The van der Waals surface area contributed by atoms with Crippen molar-refractivity contribution in [3.8, 4) is 0 Å². The average molecular weight is 197 g/mol. The second-order valence-electron chi connectivity index (χ2n) is 5.03. The Morgan fingerprint density at radius 3 is 2.14 bits per heavy atom. The standard InChI is InChI=1S/C13H27N/c1-4-11(2)12(3)14-13-9-7-5-6-8-10-13/h11-14H,4-10H2,1-3H3/t11-,12+/m1/s1. The molecule has 0 heterocycles. The molecule has 0 aromatic heterocycles. The third-order valence-corrected chi connectivity index (χ3v) is 3.85. The van der Waals surface area contributed by atoms with E-state index in [0.717, 1.165) is 12.0 Å². The number of hydrogen-bond acceptors (Lipinski definition) is 1. The molecule has 0 aromatic carbocycles. The van der Waals surface area contributed by atoms with Crippen LogP contribution in [0.5, 0.6) is 0 Å². The van der Waals surface area contributed by atoms with Gasteiger partial charge in [-0.1, -0.05) is 46.0 Å². The molecule has 84 valence electrons. The molecule has 0 amide bonds. The van der Waals surface area contributed by atoms with Crippen molar-refractivity contribution in [3.63, 3.8) is 0 Å². The molecular formula is C13H27N. The summed E-state index contributed by atoms with van der Waals surface area (Å²) < 4.78 is 0. The van der Waals surface area contributed by atoms with Crippen LogP contribution in [0.25, 0.3) is 0 Å². The quantitative estimate of drug-likeness (QED) is 0.677. The van der Waals surface area contributed by atoms with Crippen LogP contribution in [0, 0.1) is 5.92 Å². The maximum atomic E-state index is 3.81. The molecule has 1 nitrogen and oxygen atoms in total. The first-order chi connectivity index (χ1) is 6.74. The molecule has 0 aromatic rings. The van der Waals surface area contributed by atoms with Gasteiger partial charge in [0.1, 0.15) is 0 Å². The van der Waals surface area contributed by atoms with Gasteiger partial charge in [-0.05, 0) is 25.7 Å². The van der Waals surface area contributed by atoms with Gasteiger partial charge < -0.3 is 5.32 Å². The van der Waals surface area contributed by atoms with Gasteiger partial charge in [-0.15, -0.1) is 0 Å². The Hall–Kier alpha value is -0.0400. The van der Waals surface area contributed by atoms with Gasteiger partial charge in [0.2, 0.25) is 0 Å². The molecule has 2 atom stereocenters. The van der Waals surface area contributed by atoms with E-state index in [1.54, 1.807) is 0 Å². The topological polar surface area (TPSA) is 12.0 Å². The molecule has 1 fully saturated rings. The molecule has 0 saturated heterocycles. The SMILES string of the molecule is CC[C@@H](C)[C@H](C)NC1CCCCCC1. The van der Waals surface area contributed by atoms with Gasteiger partial charge in [-0.2, -0.15) is 0 Å². The predicted molar refractivity (Wildman–Crippen MR) is 63.5 cm³/mol. The van der Waals surface area contributed by atoms with Crippen LogP contribution >= 0.6 is 0 Å². The van der Waals surface area contributed by atoms with Crippen LogP contribution in [0.15, 0.2) is 0 Å². The van der Waals surface area contributed by atoms with Crippen LogP contribution < -0.4 is 5.32 Å². The van der Waals surface area contributed by atoms with Gasteiger partial charge in [0.05, 0.1) is 0 Å². The largest absolute Gasteiger partial charge is 0.311 e. The summed E-state index contributed by atoms with van der Waals surface area (Å²) in [6, 6.07) is 1.50. The van der Waals surface area contributed by atoms with E-state index in [4.69, 9.17) is 0 Å². The summed E-state index contributed by atoms with van der Waals surface area (Å²) in [6.45, 7) is 6.99. The van der Waals surface area contributed by atoms with Crippen molar-refractivity contribution in [3.05, 3.63) is 0 Å². The van der Waals surface area contributed by atoms with Gasteiger partial charge in [-0.25, -0.2) is 0 Å². The lowest BCUT2D eigenvalue weighted by Crippen LogP contribution is -2.39. The Morgan fingerprint density at radius 1 is 1.07 bits per heavy atom. The second kappa shape index (κ2) is 6.44. The maximum Gasteiger partial charge on any atom is 0.00696 e. The highest BCUT2D eigenvalue weighted by molar-refractivity contribution is 4.76. The number of rotatable bonds is 4. The zero-order valence-corrected chi connectivity index (χ0v) is 10.2. The van der Waals surface area contributed by atoms with Crippen LogP contribution in [0.3, 0.4) is 0 Å². The van der Waals surface area contributed by atoms with Gasteiger partial charge >= 0.3 is 0 Å². The lowest BCUT2D eigenvalue weighted by atomic mass is 9.98. The summed E-state index contributed by atoms with van der Waals surface area (Å²) in [7, 11) is 0. The van der Waals surface area contributed by atoms with Crippen LogP contribution in [0.2, 0.25) is 0 Å². The van der Waals surface area contributed by atoms with E-state index in [2.05, 4.69) is 26.1 Å². The molecule has 1 aliphatic carbocycles. The molecule has 1 rings (SSSR count). The highest BCUT2D eigenvalue weighted by Gasteiger charge is 2.16. The van der Waals surface area contributed by atoms with Crippen LogP contribution in [0.1, 0.15) is 65.7 Å². The zero-order chi connectivity index (χ0) is 10.4. The summed E-state index contributed by atoms with van der Waals surface area (Å²) in [6.07, 6.45) is 9.88. The minimum atomic E-state index is 0.697. The average Bonchev–Trinajstić information content (AvgIpc) is 2.45. The van der Waals surface area contributed by atoms with Gasteiger partial charge in [0, 0.05) is 12.1 Å². The Kier molecular flexibility index (Phi) is 5.54. The second-order valence-corrected chi connectivity index (χ2v) is 5.03. The molecule has 1 N–H and O–H groups in total. The fourth-order valence-electron chi connectivity index (χ4n) is 2.34. The van der Waals surface area contributed by atoms with Crippen molar-refractivity contribution < 1.29 is 0 Å². The van der Waals surface area contributed by atoms with Crippen LogP contribution in [-0.2, 0) is 0 Å². The third-order valence-electron chi connectivity index (χ3n) is 3.85. The Labute approximate surface area is 89.7 Å². The first kappa shape index (κ1) is 12.0. The fourth-order valence-corrected chi connectivity index (χ4v) is 2.34. The first-order valence-corrected chi connectivity index (χ1v) is 6.50. The van der Waals surface area contributed by atoms with Crippen molar-refractivity contribution >= 4 is 0 Å². The summed E-state index contributed by atoms with van der Waals surface area (Å²) in [5, 5.41) is 3.81. The van der Waals surface area contributed by atoms with Gasteiger partial charge in [-0.3, -0.25) is 0 Å². The number of hydrogen-bond donors (Lipinski definition) is 1. The minimum absolute atomic E-state index is 0.697. The molecular weight excluding hydrogens is 170 g/mol. The summed E-state index contributed by atoms with van der Waals surface area (Å²) in [5.74, 6) is 0.818. The minimum Gasteiger partial charge on any atom is -0.311 e. The highest BCUT2D eigenvalue weighted by atomic mass is 14.9. The zero-order valence-electron chi connectivity index (χ0n) is 10.2. The molecule has 0 spiro atoms. The van der Waals surface area contributed by atoms with E-state index in [0.29, 0.717) is 6.04 Å². The lowest BCUT2D eigenvalue weighted by molar-refractivity contribution is 0.329. The normalized spacial score (nSPS) is 24.2. The van der Waals surface area contributed by atoms with E-state index in [-0.39, 0.29) is 0 Å². The maximum absolute atomic E-state index is 3.81. The number of nitrogens with one attached hydrogen (secondary N) is 1. The Balaban J connectivity index is 2.26. The van der Waals surface area contributed by atoms with E-state index >= 15 is 0 Å². The Bertz CT molecular complexity index is 136. The van der Waals surface area contributed by atoms with Crippen LogP contribution in [0.4, 0.5) is 0 Å². The third kappa shape index (κ3) is 4.00. The summed E-state index contributed by atoms with van der Waals surface area (Å²) in [5.41, 5.74) is 0. The van der Waals surface area contributed by atoms with E-state index in [1.165, 1.54) is 44.9 Å². The Morgan fingerprint density at radius 2 is 1.64 bits per heavy atom. The first-order valence-electron chi connectivity index (χ1n) is 6.50. The molecule has 14 heavy (non-hydrogen) atoms. The summed E-state index contributed by atoms with van der Waals surface area (Å²) >= 11 is 0. The van der Waals surface area contributed by atoms with Crippen molar-refractivity contribution in [2.24, 2.45) is 5.92 Å². The van der Waals surface area contributed by atoms with Crippen molar-refractivity contribution in [1.82, 2.24) is 5.32 Å². The van der Waals surface area contributed by atoms with Crippen molar-refractivity contribution in [2.75, 3.05) is 0 Å². The molecule has 0 bridgehead atoms. The van der Waals surface area contributed by atoms with E-state index < -0.39 is 0 Å². The van der Waals surface area contributed by atoms with Crippen molar-refractivity contribution in [1.29, 1.82) is 0 Å². The van der Waals surface area contributed by atoms with E-state index in [1.807, 2.05) is 0 Å². The monoisotopic (exact) mass is 197 g/mol. The smallest absolute Gasteiger partial charge is 0.00696 e. The molecule has 0 unspecified atom stereocenters. The predicted octanol–water partition coefficient (Wildman–Crippen LogP) is 3.73. The molecule has 1 aliphatic rings. The lowest BCUT2D eigenvalue weighted by Gasteiger charge is -2.26. The van der Waals surface area contributed by atoms with Gasteiger partial charge in [0.15, 0.2) is 0 Å². The molecule has 1 heteroatoms. The van der Waals surface area contributed by atoms with Crippen LogP contribution in [-0.4, -0.2) is 12.1 Å². The fraction of sp³-hybridized carbons (Fsp3) is 1.00. The molecule has 1 saturated carbocycles.